The minimum Gasteiger partial charge on any atom is -0.482 e. The van der Waals surface area contributed by atoms with Gasteiger partial charge < -0.3 is 9.47 Å². The number of halogens is 2. The number of methoxy groups -OCH3 is 1. The molecular formula is C12H12ClFN4O3. The second kappa shape index (κ2) is 7.00. The number of amides is 1. The number of carbonyl (C=O) groups is 1. The van der Waals surface area contributed by atoms with Gasteiger partial charge in [-0.2, -0.15) is 10.1 Å². The molecule has 9 heteroatoms. The number of H-pyrrole nitrogens is 1. The number of nitrogens with zero attached hydrogens (tertiary/aromatic N) is 2. The lowest BCUT2D eigenvalue weighted by Crippen LogP contribution is -2.21. The Kier molecular flexibility index (Phi) is 5.07. The molecule has 1 heterocycles. The highest BCUT2D eigenvalue weighted by Gasteiger charge is 2.09. The molecule has 0 saturated carbocycles. The molecule has 1 amide bonds. The molecule has 2 N–H and O–H groups in total. The third-order valence-electron chi connectivity index (χ3n) is 2.32. The summed E-state index contributed by atoms with van der Waals surface area (Å²) in [5.74, 6) is -0.137. The molecular weight excluding hydrogens is 303 g/mol. The maximum atomic E-state index is 12.9. The van der Waals surface area contributed by atoms with E-state index in [1.54, 1.807) is 0 Å². The number of carbonyl (C=O) groups excluding carboxylic acids is 1. The standard InChI is InChI=1S/C12H12ClFN4O3/c1-20-5-10-15-12(18-17-10)16-11(19)6-21-9-3-2-7(14)4-8(9)13/h2-4H,5-6H2,1H3,(H2,15,16,17,18,19). The van der Waals surface area contributed by atoms with Crippen LogP contribution in [0.25, 0.3) is 0 Å². The third-order valence-corrected chi connectivity index (χ3v) is 2.61. The van der Waals surface area contributed by atoms with E-state index in [0.29, 0.717) is 5.82 Å². The summed E-state index contributed by atoms with van der Waals surface area (Å²) in [6.45, 7) is -0.0697. The number of aromatic amines is 1. The van der Waals surface area contributed by atoms with Gasteiger partial charge in [0.1, 0.15) is 18.2 Å². The van der Waals surface area contributed by atoms with Crippen molar-refractivity contribution in [1.82, 2.24) is 15.2 Å². The third kappa shape index (κ3) is 4.40. The Labute approximate surface area is 124 Å². The van der Waals surface area contributed by atoms with Crippen molar-refractivity contribution in [1.29, 1.82) is 0 Å². The first-order valence-electron chi connectivity index (χ1n) is 5.86. The number of hydrogen-bond donors (Lipinski definition) is 2. The summed E-state index contributed by atoms with van der Waals surface area (Å²) >= 11 is 5.77. The van der Waals surface area contributed by atoms with E-state index in [4.69, 9.17) is 21.1 Å². The fraction of sp³-hybridized carbons (Fsp3) is 0.250. The maximum Gasteiger partial charge on any atom is 0.264 e. The Bertz CT molecular complexity index is 635. The first-order chi connectivity index (χ1) is 10.1. The first-order valence-corrected chi connectivity index (χ1v) is 6.24. The lowest BCUT2D eigenvalue weighted by molar-refractivity contribution is -0.118. The summed E-state index contributed by atoms with van der Waals surface area (Å²) in [7, 11) is 1.51. The Morgan fingerprint density at radius 1 is 1.52 bits per heavy atom. The van der Waals surface area contributed by atoms with Crippen LogP contribution in [-0.2, 0) is 16.1 Å². The van der Waals surface area contributed by atoms with E-state index in [2.05, 4.69) is 20.5 Å². The van der Waals surface area contributed by atoms with Gasteiger partial charge in [-0.15, -0.1) is 0 Å². The molecule has 2 aromatic rings. The molecule has 0 atom stereocenters. The van der Waals surface area contributed by atoms with Crippen molar-refractivity contribution in [3.05, 3.63) is 34.9 Å². The van der Waals surface area contributed by atoms with E-state index in [1.807, 2.05) is 0 Å². The molecule has 0 radical (unpaired) electrons. The summed E-state index contributed by atoms with van der Waals surface area (Å²) in [6.07, 6.45) is 0. The number of anilines is 1. The van der Waals surface area contributed by atoms with Crippen LogP contribution in [0.3, 0.4) is 0 Å². The van der Waals surface area contributed by atoms with Crippen LogP contribution in [-0.4, -0.2) is 34.8 Å². The van der Waals surface area contributed by atoms with Crippen molar-refractivity contribution >= 4 is 23.5 Å². The molecule has 0 saturated heterocycles. The van der Waals surface area contributed by atoms with Crippen molar-refractivity contribution in [2.45, 2.75) is 6.61 Å². The molecule has 21 heavy (non-hydrogen) atoms. The molecule has 2 rings (SSSR count). The number of nitrogens with one attached hydrogen (secondary N) is 2. The number of ether oxygens (including phenoxy) is 2. The highest BCUT2D eigenvalue weighted by molar-refractivity contribution is 6.32. The SMILES string of the molecule is COCc1n[nH]c(NC(=O)COc2ccc(F)cc2Cl)n1. The molecule has 0 bridgehead atoms. The van der Waals surface area contributed by atoms with Crippen molar-refractivity contribution in [3.63, 3.8) is 0 Å². The quantitative estimate of drug-likeness (QED) is 0.848. The van der Waals surface area contributed by atoms with Crippen LogP contribution < -0.4 is 10.1 Å². The zero-order chi connectivity index (χ0) is 15.2. The molecule has 0 aliphatic rings. The first kappa shape index (κ1) is 15.2. The van der Waals surface area contributed by atoms with Crippen LogP contribution in [0.15, 0.2) is 18.2 Å². The van der Waals surface area contributed by atoms with Gasteiger partial charge in [0.15, 0.2) is 12.4 Å². The number of hydrogen-bond acceptors (Lipinski definition) is 5. The molecule has 7 nitrogen and oxygen atoms in total. The minimum atomic E-state index is -0.482. The second-order valence-corrected chi connectivity index (χ2v) is 4.35. The normalized spacial score (nSPS) is 10.4. The molecule has 112 valence electrons. The highest BCUT2D eigenvalue weighted by Crippen LogP contribution is 2.24. The van der Waals surface area contributed by atoms with Gasteiger partial charge >= 0.3 is 0 Å². The lowest BCUT2D eigenvalue weighted by atomic mass is 10.3. The van der Waals surface area contributed by atoms with Gasteiger partial charge in [-0.25, -0.2) is 9.49 Å². The molecule has 0 unspecified atom stereocenters. The minimum absolute atomic E-state index is 0.0878. The van der Waals surface area contributed by atoms with Gasteiger partial charge in [-0.3, -0.25) is 10.1 Å². The van der Waals surface area contributed by atoms with Gasteiger partial charge in [-0.1, -0.05) is 11.6 Å². The average Bonchev–Trinajstić information content (AvgIpc) is 2.85. The Morgan fingerprint density at radius 2 is 2.33 bits per heavy atom. The van der Waals surface area contributed by atoms with Gasteiger partial charge in [-0.05, 0) is 18.2 Å². The van der Waals surface area contributed by atoms with Crippen molar-refractivity contribution in [2.75, 3.05) is 19.0 Å². The Morgan fingerprint density at radius 3 is 3.05 bits per heavy atom. The largest absolute Gasteiger partial charge is 0.482 e. The summed E-state index contributed by atoms with van der Waals surface area (Å²) in [5, 5.41) is 8.90. The predicted octanol–water partition coefficient (Wildman–Crippen LogP) is 1.76. The molecule has 0 fully saturated rings. The smallest absolute Gasteiger partial charge is 0.264 e. The molecule has 1 aromatic heterocycles. The zero-order valence-corrected chi connectivity index (χ0v) is 11.8. The Balaban J connectivity index is 1.86. The van der Waals surface area contributed by atoms with E-state index >= 15 is 0 Å². The topological polar surface area (TPSA) is 89.1 Å². The van der Waals surface area contributed by atoms with Crippen LogP contribution in [0.2, 0.25) is 5.02 Å². The van der Waals surface area contributed by atoms with Crippen molar-refractivity contribution < 1.29 is 18.7 Å². The highest BCUT2D eigenvalue weighted by atomic mass is 35.5. The lowest BCUT2D eigenvalue weighted by Gasteiger charge is -2.07. The summed E-state index contributed by atoms with van der Waals surface area (Å²) in [4.78, 5) is 15.6. The van der Waals surface area contributed by atoms with Gasteiger partial charge in [0.05, 0.1) is 5.02 Å². The summed E-state index contributed by atoms with van der Waals surface area (Å²) < 4.78 is 22.9. The predicted molar refractivity (Wildman–Crippen MR) is 72.6 cm³/mol. The van der Waals surface area contributed by atoms with Crippen LogP contribution >= 0.6 is 11.6 Å². The fourth-order valence-electron chi connectivity index (χ4n) is 1.45. The van der Waals surface area contributed by atoms with E-state index < -0.39 is 11.7 Å². The van der Waals surface area contributed by atoms with E-state index in [1.165, 1.54) is 19.2 Å². The number of aromatic nitrogens is 3. The molecule has 0 aliphatic heterocycles. The van der Waals surface area contributed by atoms with Gasteiger partial charge in [0, 0.05) is 7.11 Å². The van der Waals surface area contributed by atoms with E-state index in [-0.39, 0.29) is 29.9 Å². The second-order valence-electron chi connectivity index (χ2n) is 3.94. The van der Waals surface area contributed by atoms with Crippen LogP contribution in [0.5, 0.6) is 5.75 Å². The average molecular weight is 315 g/mol. The zero-order valence-electron chi connectivity index (χ0n) is 11.0. The van der Waals surface area contributed by atoms with E-state index in [0.717, 1.165) is 6.07 Å². The van der Waals surface area contributed by atoms with Crippen LogP contribution in [0.1, 0.15) is 5.82 Å². The van der Waals surface area contributed by atoms with Crippen LogP contribution in [0.4, 0.5) is 10.3 Å². The van der Waals surface area contributed by atoms with Crippen molar-refractivity contribution in [2.24, 2.45) is 0 Å². The van der Waals surface area contributed by atoms with Gasteiger partial charge in [0.2, 0.25) is 5.95 Å². The van der Waals surface area contributed by atoms with Gasteiger partial charge in [0.25, 0.3) is 5.91 Å². The number of rotatable bonds is 6. The monoisotopic (exact) mass is 314 g/mol. The van der Waals surface area contributed by atoms with E-state index in [9.17, 15) is 9.18 Å². The van der Waals surface area contributed by atoms with Crippen LogP contribution in [0, 0.1) is 5.82 Å². The number of benzene rings is 1. The van der Waals surface area contributed by atoms with Crippen molar-refractivity contribution in [3.8, 4) is 5.75 Å². The fourth-order valence-corrected chi connectivity index (χ4v) is 1.67. The molecule has 1 aromatic carbocycles. The molecule has 0 spiro atoms. The molecule has 0 aliphatic carbocycles. The Hall–Kier alpha value is -2.19. The summed E-state index contributed by atoms with van der Waals surface area (Å²) in [6, 6.07) is 3.63. The maximum absolute atomic E-state index is 12.9. The summed E-state index contributed by atoms with van der Waals surface area (Å²) in [5.41, 5.74) is 0.